The van der Waals surface area contributed by atoms with Gasteiger partial charge in [-0.2, -0.15) is 0 Å². The standard InChI is InChI=1S/C25H33F2N5O3S.C25H33N5O3S.C24H33F2N5O3S.C24H31N5O4S2/c1-13-8-18(30-15(3)16-6-7-16)28-10-17(13)20-19(23(34)32-12-25(26,27)9-14(32)2)31-22(36-20)21(33)29-11-24(4,5)35;1-15-12-19(28-17-7-3-4-8-17)26-13-18(15)21-20(24(32)30-11-5-6-16(30)2)29-23(34-21)22(31)27-14-25(33)9-10-25;1-13-8-16(30-22(3,4)5)27-10-15(13)18-17(21(33)31-12-24(25,26)9-14(31)2)29-20(35-18)19(32)28-11-23(6,7)34;1-14-10-19(26-16-7-3-4-8-16)25-11-18(14)21-20(24(31)29-9-5-6-15(29)2)28-23(34-21)22(30)27-17-12-35(32,33)13-17/h8,10,14-16,35H,6-7,9,11-12H2,1-5H3,(H,28,30)(H,29,33);12-13,16-17,33H,3-11,14H2,1-2H3,(H,26,28)(H,27,31);8,10,14,34H,9,11-12H2,1-7H3,(H,27,30)(H,28,32);10-11,15-17H,3-9,12-13H2,1-2H3,(H,25,26)(H,27,30)/t14-,15-;16-;14-;15-/m0000/s1. The van der Waals surface area contributed by atoms with Gasteiger partial charge in [-0.3, -0.25) is 38.4 Å². The molecular weight excluding hydrogens is 1900 g/mol. The van der Waals surface area contributed by atoms with Gasteiger partial charge >= 0.3 is 0 Å². The molecule has 42 heteroatoms. The fourth-order valence-corrected chi connectivity index (χ4v) is 23.7. The molecule has 8 amide bonds. The molecule has 8 aromatic rings. The molecule has 8 aromatic heterocycles. The number of alkyl halides is 4. The molecule has 5 saturated heterocycles. The first-order chi connectivity index (χ1) is 65.7. The van der Waals surface area contributed by atoms with Crippen LogP contribution in [0.15, 0.2) is 49.1 Å². The minimum atomic E-state index is -3.06. The number of nitrogens with zero attached hydrogens (tertiary/aromatic N) is 12. The lowest BCUT2D eigenvalue weighted by atomic mass is 10.1. The van der Waals surface area contributed by atoms with Crippen LogP contribution in [0.2, 0.25) is 0 Å². The molecular formula is C98H130F4N20O13S5. The van der Waals surface area contributed by atoms with Crippen LogP contribution < -0.4 is 42.5 Å². The van der Waals surface area contributed by atoms with E-state index in [9.17, 15) is 79.7 Å². The van der Waals surface area contributed by atoms with E-state index >= 15 is 0 Å². The zero-order chi connectivity index (χ0) is 101. The van der Waals surface area contributed by atoms with Crippen LogP contribution in [0.3, 0.4) is 0 Å². The zero-order valence-corrected chi connectivity index (χ0v) is 86.3. The second kappa shape index (κ2) is 42.7. The summed E-state index contributed by atoms with van der Waals surface area (Å²) in [6.07, 6.45) is 23.1. The summed E-state index contributed by atoms with van der Waals surface area (Å²) in [5.41, 5.74) is 3.53. The maximum Gasteiger partial charge on any atom is 0.280 e. The molecule has 4 saturated carbocycles. The van der Waals surface area contributed by atoms with E-state index < -0.39 is 112 Å². The first-order valence-corrected chi connectivity index (χ1v) is 53.3. The first-order valence-electron chi connectivity index (χ1n) is 48.2. The maximum atomic E-state index is 14.0. The summed E-state index contributed by atoms with van der Waals surface area (Å²) < 4.78 is 79.1. The third kappa shape index (κ3) is 26.7. The average Bonchev–Trinajstić information content (AvgIpc) is 1.59. The molecule has 140 heavy (non-hydrogen) atoms. The number of hydrogen-bond donors (Lipinski definition) is 11. The number of anilines is 4. The highest BCUT2D eigenvalue weighted by Gasteiger charge is 2.49. The number of sulfone groups is 1. The maximum absolute atomic E-state index is 14.0. The molecule has 0 unspecified atom stereocenters. The molecule has 4 aliphatic carbocycles. The molecule has 11 N–H and O–H groups in total. The Morgan fingerprint density at radius 1 is 0.457 bits per heavy atom. The first kappa shape index (κ1) is 105. The van der Waals surface area contributed by atoms with Crippen LogP contribution in [-0.4, -0.2) is 270 Å². The Balaban J connectivity index is 0.000000149. The number of aromatic nitrogens is 8. The lowest BCUT2D eigenvalue weighted by Crippen LogP contribution is -2.52. The van der Waals surface area contributed by atoms with Gasteiger partial charge in [-0.15, -0.1) is 45.3 Å². The van der Waals surface area contributed by atoms with Crippen LogP contribution in [-0.2, 0) is 9.84 Å². The number of thiazole rings is 4. The number of likely N-dealkylation sites (tertiary alicyclic amines) is 4. The lowest BCUT2D eigenvalue weighted by molar-refractivity contribution is 0.0115. The number of carbonyl (C=O) groups excluding carboxylic acids is 8. The quantitative estimate of drug-likeness (QED) is 0.0213. The van der Waals surface area contributed by atoms with E-state index in [4.69, 9.17) is 0 Å². The van der Waals surface area contributed by atoms with Crippen LogP contribution in [0, 0.1) is 33.6 Å². The molecule has 13 heterocycles. The molecule has 5 aliphatic heterocycles. The van der Waals surface area contributed by atoms with Gasteiger partial charge in [-0.25, -0.2) is 65.9 Å². The Hall–Kier alpha value is -10.4. The van der Waals surface area contributed by atoms with Crippen molar-refractivity contribution in [1.29, 1.82) is 0 Å². The van der Waals surface area contributed by atoms with Crippen LogP contribution >= 0.6 is 45.3 Å². The van der Waals surface area contributed by atoms with Crippen LogP contribution in [0.25, 0.3) is 41.8 Å². The summed E-state index contributed by atoms with van der Waals surface area (Å²) in [6.45, 7) is 29.4. The van der Waals surface area contributed by atoms with Gasteiger partial charge in [0.25, 0.3) is 59.1 Å². The van der Waals surface area contributed by atoms with Crippen molar-refractivity contribution in [3.8, 4) is 41.8 Å². The van der Waals surface area contributed by atoms with Gasteiger partial charge in [-0.05, 0) is 240 Å². The second-order valence-corrected chi connectivity index (χ2v) is 47.7. The minimum absolute atomic E-state index is 0.00232. The molecule has 17 rings (SSSR count). The summed E-state index contributed by atoms with van der Waals surface area (Å²) >= 11 is 4.38. The molecule has 5 atom stereocenters. The molecule has 33 nitrogen and oxygen atoms in total. The number of carbonyl (C=O) groups is 8. The van der Waals surface area contributed by atoms with Crippen LogP contribution in [0.4, 0.5) is 40.8 Å². The number of rotatable bonds is 27. The van der Waals surface area contributed by atoms with Crippen molar-refractivity contribution in [2.24, 2.45) is 5.92 Å². The summed E-state index contributed by atoms with van der Waals surface area (Å²) in [5, 5.41) is 54.8. The molecule has 0 aromatic carbocycles. The van der Waals surface area contributed by atoms with E-state index in [1.807, 2.05) is 89.5 Å². The molecule has 0 spiro atoms. The topological polar surface area (TPSA) is 444 Å². The lowest BCUT2D eigenvalue weighted by Gasteiger charge is -2.25. The number of hydrogen-bond acceptors (Lipinski definition) is 29. The number of halogens is 4. The van der Waals surface area contributed by atoms with Gasteiger partial charge in [0.05, 0.1) is 66.9 Å². The molecule has 0 radical (unpaired) electrons. The van der Waals surface area contributed by atoms with Crippen LogP contribution in [0.1, 0.15) is 302 Å². The van der Waals surface area contributed by atoms with E-state index in [-0.39, 0.29) is 104 Å². The third-order valence-corrected chi connectivity index (χ3v) is 32.5. The summed E-state index contributed by atoms with van der Waals surface area (Å²) in [5.74, 6) is -5.95. The molecule has 9 aliphatic rings. The third-order valence-electron chi connectivity index (χ3n) is 26.4. The van der Waals surface area contributed by atoms with Crippen molar-refractivity contribution >= 4 is 126 Å². The van der Waals surface area contributed by atoms with E-state index in [2.05, 4.69) is 96.3 Å². The molecule has 0 bridgehead atoms. The van der Waals surface area contributed by atoms with Crippen molar-refractivity contribution in [3.05, 3.63) is 114 Å². The SMILES string of the molecule is Cc1cc(NC(C)(C)C)ncc1-c1sc(C(=O)NCC(C)(C)O)nc1C(=O)N1CC(F)(F)C[C@@H]1C.Cc1cc(NC2CCCC2)ncc1-c1sc(C(=O)NC2CS(=O)(=O)C2)nc1C(=O)N1CCC[C@@H]1C.Cc1cc(NC2CCCC2)ncc1-c1sc(C(=O)NCC2(O)CC2)nc1C(=O)N1CCC[C@@H]1C.Cc1cc(N[C@@H](C)C2CC2)ncc1-c1sc(C(=O)NCC(C)(C)O)nc1C(=O)N1CC(F)(F)C[C@@H]1C. The van der Waals surface area contributed by atoms with Crippen molar-refractivity contribution < 1.29 is 79.7 Å². The van der Waals surface area contributed by atoms with Crippen molar-refractivity contribution in [2.75, 3.05) is 78.6 Å². The number of aryl methyl sites for hydroxylation is 4. The van der Waals surface area contributed by atoms with Crippen LogP contribution in [0.5, 0.6) is 0 Å². The smallest absolute Gasteiger partial charge is 0.280 e. The Labute approximate surface area is 830 Å². The number of aliphatic hydroxyl groups is 3. The highest BCUT2D eigenvalue weighted by molar-refractivity contribution is 7.92. The van der Waals surface area contributed by atoms with E-state index in [0.717, 1.165) is 140 Å². The van der Waals surface area contributed by atoms with Gasteiger partial charge in [0, 0.05) is 140 Å². The zero-order valence-electron chi connectivity index (χ0n) is 82.3. The normalized spacial score (nSPS) is 20.5. The van der Waals surface area contributed by atoms with Crippen molar-refractivity contribution in [3.63, 3.8) is 0 Å². The number of nitrogens with one attached hydrogen (secondary N) is 8. The number of amides is 8. The van der Waals surface area contributed by atoms with E-state index in [1.54, 1.807) is 66.3 Å². The van der Waals surface area contributed by atoms with Crippen molar-refractivity contribution in [1.82, 2.24) is 80.7 Å². The Bertz CT molecular complexity index is 6060. The van der Waals surface area contributed by atoms with Gasteiger partial charge in [0.2, 0.25) is 0 Å². The Morgan fingerprint density at radius 2 is 0.793 bits per heavy atom. The monoisotopic (exact) mass is 2030 g/mol. The van der Waals surface area contributed by atoms with E-state index in [0.29, 0.717) is 97.9 Å². The van der Waals surface area contributed by atoms with Gasteiger partial charge in [-0.1, -0.05) is 25.7 Å². The van der Waals surface area contributed by atoms with Gasteiger partial charge in [0.15, 0.2) is 29.9 Å². The molecule has 9 fully saturated rings. The summed E-state index contributed by atoms with van der Waals surface area (Å²) in [6, 6.07) is 7.44. The predicted octanol–water partition coefficient (Wildman–Crippen LogP) is 15.0. The summed E-state index contributed by atoms with van der Waals surface area (Å²) in [7, 11) is -3.06. The van der Waals surface area contributed by atoms with Gasteiger partial charge in [0.1, 0.15) is 46.0 Å². The second-order valence-electron chi connectivity index (χ2n) is 41.5. The highest BCUT2D eigenvalue weighted by Crippen LogP contribution is 2.45. The largest absolute Gasteiger partial charge is 0.389 e. The predicted molar refractivity (Wildman–Crippen MR) is 535 cm³/mol. The van der Waals surface area contributed by atoms with Gasteiger partial charge < -0.3 is 77.5 Å². The fraction of sp³-hybridized carbons (Fsp3) is 0.592. The number of pyridine rings is 4. The minimum Gasteiger partial charge on any atom is -0.389 e. The highest BCUT2D eigenvalue weighted by atomic mass is 32.2. The van der Waals surface area contributed by atoms with Crippen molar-refractivity contribution in [2.45, 2.75) is 309 Å². The fourth-order valence-electron chi connectivity index (χ4n) is 18.2. The van der Waals surface area contributed by atoms with E-state index in [1.165, 1.54) is 49.9 Å². The summed E-state index contributed by atoms with van der Waals surface area (Å²) in [4.78, 5) is 149. The Kier molecular flexibility index (Phi) is 32.1. The molecule has 758 valence electrons. The average molecular weight is 2030 g/mol. The Morgan fingerprint density at radius 3 is 1.11 bits per heavy atom.